The lowest BCUT2D eigenvalue weighted by Gasteiger charge is -2.11. The van der Waals surface area contributed by atoms with E-state index in [9.17, 15) is 18.3 Å². The summed E-state index contributed by atoms with van der Waals surface area (Å²) in [7, 11) is 0. The maximum absolute atomic E-state index is 12.5. The van der Waals surface area contributed by atoms with Gasteiger partial charge in [0.15, 0.2) is 0 Å². The molecule has 1 heterocycles. The SMILES string of the molecule is Nc1c(O)ccc(-c2ncc(C(F)(F)F)cc2Cl)c1Cl. The van der Waals surface area contributed by atoms with E-state index in [1.165, 1.54) is 12.1 Å². The minimum Gasteiger partial charge on any atom is -0.506 e. The van der Waals surface area contributed by atoms with Gasteiger partial charge in [-0.1, -0.05) is 23.2 Å². The molecule has 0 aliphatic heterocycles. The number of aromatic nitrogens is 1. The zero-order chi connectivity index (χ0) is 15.1. The van der Waals surface area contributed by atoms with E-state index < -0.39 is 11.7 Å². The highest BCUT2D eigenvalue weighted by molar-refractivity contribution is 6.38. The first-order valence-corrected chi connectivity index (χ1v) is 5.97. The molecule has 0 saturated heterocycles. The first kappa shape index (κ1) is 14.7. The summed E-state index contributed by atoms with van der Waals surface area (Å²) in [5.74, 6) is -0.234. The topological polar surface area (TPSA) is 59.1 Å². The van der Waals surface area contributed by atoms with Crippen molar-refractivity contribution in [1.29, 1.82) is 0 Å². The lowest BCUT2D eigenvalue weighted by atomic mass is 10.1. The molecule has 106 valence electrons. The summed E-state index contributed by atoms with van der Waals surface area (Å²) in [6.07, 6.45) is -3.88. The van der Waals surface area contributed by atoms with E-state index in [4.69, 9.17) is 28.9 Å². The number of hydrogen-bond acceptors (Lipinski definition) is 3. The lowest BCUT2D eigenvalue weighted by molar-refractivity contribution is -0.137. The molecule has 20 heavy (non-hydrogen) atoms. The molecule has 0 fully saturated rings. The molecule has 0 spiro atoms. The molecule has 0 bridgehead atoms. The van der Waals surface area contributed by atoms with Gasteiger partial charge in [0.25, 0.3) is 0 Å². The Labute approximate surface area is 121 Å². The molecule has 0 aliphatic carbocycles. The van der Waals surface area contributed by atoms with Crippen LogP contribution in [-0.4, -0.2) is 10.1 Å². The minimum absolute atomic E-state index is 0.0286. The van der Waals surface area contributed by atoms with Crippen LogP contribution in [0, 0.1) is 0 Å². The normalized spacial score (nSPS) is 11.7. The van der Waals surface area contributed by atoms with Crippen molar-refractivity contribution in [2.75, 3.05) is 5.73 Å². The largest absolute Gasteiger partial charge is 0.506 e. The average Bonchev–Trinajstić information content (AvgIpc) is 2.36. The van der Waals surface area contributed by atoms with Gasteiger partial charge in [0.1, 0.15) is 5.75 Å². The molecule has 0 radical (unpaired) electrons. The van der Waals surface area contributed by atoms with E-state index in [1.54, 1.807) is 0 Å². The van der Waals surface area contributed by atoms with Gasteiger partial charge in [-0.25, -0.2) is 0 Å². The number of aromatic hydroxyl groups is 1. The number of anilines is 1. The Kier molecular flexibility index (Phi) is 3.71. The highest BCUT2D eigenvalue weighted by atomic mass is 35.5. The molecule has 8 heteroatoms. The van der Waals surface area contributed by atoms with Crippen molar-refractivity contribution in [3.8, 4) is 17.0 Å². The van der Waals surface area contributed by atoms with Crippen LogP contribution in [0.25, 0.3) is 11.3 Å². The van der Waals surface area contributed by atoms with Crippen LogP contribution in [0.15, 0.2) is 24.4 Å². The molecule has 2 rings (SSSR count). The maximum Gasteiger partial charge on any atom is 0.417 e. The fourth-order valence-electron chi connectivity index (χ4n) is 1.56. The molecule has 1 aromatic carbocycles. The molecule has 3 nitrogen and oxygen atoms in total. The second kappa shape index (κ2) is 5.03. The van der Waals surface area contributed by atoms with Gasteiger partial charge in [-0.3, -0.25) is 4.98 Å². The van der Waals surface area contributed by atoms with Gasteiger partial charge in [-0.05, 0) is 18.2 Å². The number of phenolic OH excluding ortho intramolecular Hbond substituents is 1. The molecule has 1 aromatic heterocycles. The third-order valence-electron chi connectivity index (χ3n) is 2.58. The number of pyridine rings is 1. The Balaban J connectivity index is 2.58. The molecule has 0 unspecified atom stereocenters. The van der Waals surface area contributed by atoms with Crippen LogP contribution in [0.1, 0.15) is 5.56 Å². The fourth-order valence-corrected chi connectivity index (χ4v) is 2.07. The summed E-state index contributed by atoms with van der Waals surface area (Å²) in [5.41, 5.74) is 4.77. The van der Waals surface area contributed by atoms with Crippen LogP contribution in [0.4, 0.5) is 18.9 Å². The predicted molar refractivity (Wildman–Crippen MR) is 70.8 cm³/mol. The van der Waals surface area contributed by atoms with E-state index in [0.717, 1.165) is 6.07 Å². The number of halogens is 5. The van der Waals surface area contributed by atoms with Gasteiger partial charge >= 0.3 is 6.18 Å². The Hall–Kier alpha value is -1.66. The van der Waals surface area contributed by atoms with E-state index in [1.807, 2.05) is 0 Å². The summed E-state index contributed by atoms with van der Waals surface area (Å²) in [6.45, 7) is 0. The van der Waals surface area contributed by atoms with Crippen molar-refractivity contribution in [3.63, 3.8) is 0 Å². The van der Waals surface area contributed by atoms with Crippen LogP contribution in [0.2, 0.25) is 10.0 Å². The molecule has 0 amide bonds. The van der Waals surface area contributed by atoms with Crippen LogP contribution < -0.4 is 5.73 Å². The first-order valence-electron chi connectivity index (χ1n) is 5.22. The molecule has 0 saturated carbocycles. The van der Waals surface area contributed by atoms with Gasteiger partial charge < -0.3 is 10.8 Å². The highest BCUT2D eigenvalue weighted by Crippen LogP contribution is 2.40. The van der Waals surface area contributed by atoms with Gasteiger partial charge in [0, 0.05) is 11.8 Å². The van der Waals surface area contributed by atoms with Gasteiger partial charge in [-0.2, -0.15) is 13.2 Å². The van der Waals surface area contributed by atoms with Crippen LogP contribution in [-0.2, 0) is 6.18 Å². The molecule has 0 atom stereocenters. The Morgan fingerprint density at radius 3 is 2.40 bits per heavy atom. The number of hydrogen-bond donors (Lipinski definition) is 2. The molecule has 2 aromatic rings. The van der Waals surface area contributed by atoms with Gasteiger partial charge in [0.05, 0.1) is 27.0 Å². The summed E-state index contributed by atoms with van der Waals surface area (Å²) in [4.78, 5) is 3.67. The smallest absolute Gasteiger partial charge is 0.417 e. The Bertz CT molecular complexity index is 674. The van der Waals surface area contributed by atoms with E-state index >= 15 is 0 Å². The summed E-state index contributed by atoms with van der Waals surface area (Å²) in [5, 5.41) is 9.14. The van der Waals surface area contributed by atoms with Crippen molar-refractivity contribution in [3.05, 3.63) is 40.0 Å². The van der Waals surface area contributed by atoms with Gasteiger partial charge in [0.2, 0.25) is 0 Å². The van der Waals surface area contributed by atoms with Crippen LogP contribution in [0.3, 0.4) is 0 Å². The zero-order valence-electron chi connectivity index (χ0n) is 9.67. The van der Waals surface area contributed by atoms with Crippen LogP contribution in [0.5, 0.6) is 5.75 Å². The minimum atomic E-state index is -4.53. The van der Waals surface area contributed by atoms with Gasteiger partial charge in [-0.15, -0.1) is 0 Å². The van der Waals surface area contributed by atoms with Crippen molar-refractivity contribution in [1.82, 2.24) is 4.98 Å². The predicted octanol–water partition coefficient (Wildman–Crippen LogP) is 4.36. The fraction of sp³-hybridized carbons (Fsp3) is 0.0833. The number of benzene rings is 1. The maximum atomic E-state index is 12.5. The number of rotatable bonds is 1. The lowest BCUT2D eigenvalue weighted by Crippen LogP contribution is -2.06. The van der Waals surface area contributed by atoms with Crippen molar-refractivity contribution in [2.24, 2.45) is 0 Å². The number of alkyl halides is 3. The zero-order valence-corrected chi connectivity index (χ0v) is 11.2. The Morgan fingerprint density at radius 1 is 1.20 bits per heavy atom. The van der Waals surface area contributed by atoms with Crippen molar-refractivity contribution >= 4 is 28.9 Å². The van der Waals surface area contributed by atoms with Crippen molar-refractivity contribution < 1.29 is 18.3 Å². The number of nitrogens with two attached hydrogens (primary N) is 1. The van der Waals surface area contributed by atoms with E-state index in [-0.39, 0.29) is 32.7 Å². The van der Waals surface area contributed by atoms with E-state index in [2.05, 4.69) is 4.98 Å². The highest BCUT2D eigenvalue weighted by Gasteiger charge is 2.31. The number of phenols is 1. The molecule has 3 N–H and O–H groups in total. The monoisotopic (exact) mass is 322 g/mol. The van der Waals surface area contributed by atoms with Crippen molar-refractivity contribution in [2.45, 2.75) is 6.18 Å². The Morgan fingerprint density at radius 2 is 1.85 bits per heavy atom. The third-order valence-corrected chi connectivity index (χ3v) is 3.28. The van der Waals surface area contributed by atoms with Crippen LogP contribution >= 0.6 is 23.2 Å². The first-order chi connectivity index (χ1) is 9.21. The summed E-state index contributed by atoms with van der Waals surface area (Å²) < 4.78 is 37.6. The number of nitrogens with zero attached hydrogens (tertiary/aromatic N) is 1. The third kappa shape index (κ3) is 2.62. The quantitative estimate of drug-likeness (QED) is 0.605. The molecule has 0 aliphatic rings. The average molecular weight is 323 g/mol. The molecular formula is C12H7Cl2F3N2O. The second-order valence-corrected chi connectivity index (χ2v) is 4.70. The van der Waals surface area contributed by atoms with E-state index in [0.29, 0.717) is 6.20 Å². The number of nitrogen functional groups attached to an aromatic ring is 1. The second-order valence-electron chi connectivity index (χ2n) is 3.91. The summed E-state index contributed by atoms with van der Waals surface area (Å²) >= 11 is 11.7. The summed E-state index contributed by atoms with van der Waals surface area (Å²) in [6, 6.07) is 3.38. The standard InChI is InChI=1S/C12H7Cl2F3N2O/c13-7-3-5(12(15,16)17)4-19-11(7)6-1-2-8(20)10(18)9(6)14/h1-4,20H,18H2. The molecular weight excluding hydrogens is 316 g/mol.